The second-order valence-corrected chi connectivity index (χ2v) is 6.07. The lowest BCUT2D eigenvalue weighted by molar-refractivity contribution is 0.375. The molecule has 122 valence electrons. The zero-order valence-corrected chi connectivity index (χ0v) is 14.2. The monoisotopic (exact) mass is 310 g/mol. The summed E-state index contributed by atoms with van der Waals surface area (Å²) in [5.41, 5.74) is 3.69. The minimum Gasteiger partial charge on any atom is -0.508 e. The molecule has 1 N–H and O–H groups in total. The normalized spacial score (nSPS) is 11.3. The first-order valence-electron chi connectivity index (χ1n) is 7.95. The maximum atomic E-state index is 9.28. The van der Waals surface area contributed by atoms with Crippen LogP contribution in [0.5, 0.6) is 5.75 Å². The summed E-state index contributed by atoms with van der Waals surface area (Å²) < 4.78 is 0. The molecule has 0 amide bonds. The van der Waals surface area contributed by atoms with Crippen LogP contribution < -0.4 is 4.90 Å². The summed E-state index contributed by atoms with van der Waals surface area (Å²) in [5.74, 6) is 0.324. The van der Waals surface area contributed by atoms with Crippen LogP contribution in [-0.2, 0) is 6.42 Å². The molecule has 0 saturated heterocycles. The van der Waals surface area contributed by atoms with Crippen LogP contribution in [0.15, 0.2) is 54.6 Å². The maximum Gasteiger partial charge on any atom is 0.115 e. The fourth-order valence-corrected chi connectivity index (χ4v) is 2.33. The van der Waals surface area contributed by atoms with Gasteiger partial charge in [-0.05, 0) is 48.9 Å². The van der Waals surface area contributed by atoms with Gasteiger partial charge < -0.3 is 14.9 Å². The van der Waals surface area contributed by atoms with E-state index in [1.54, 1.807) is 12.1 Å². The van der Waals surface area contributed by atoms with E-state index in [1.165, 1.54) is 16.8 Å². The summed E-state index contributed by atoms with van der Waals surface area (Å²) >= 11 is 0. The van der Waals surface area contributed by atoms with Crippen LogP contribution in [-0.4, -0.2) is 44.2 Å². The number of nitrogens with zero attached hydrogens (tertiary/aromatic N) is 2. The lowest BCUT2D eigenvalue weighted by Crippen LogP contribution is -2.21. The van der Waals surface area contributed by atoms with Gasteiger partial charge in [-0.3, -0.25) is 0 Å². The quantitative estimate of drug-likeness (QED) is 0.845. The highest BCUT2D eigenvalue weighted by molar-refractivity contribution is 5.55. The van der Waals surface area contributed by atoms with Gasteiger partial charge in [-0.15, -0.1) is 0 Å². The Kier molecular flexibility index (Phi) is 6.24. The maximum absolute atomic E-state index is 9.28. The second kappa shape index (κ2) is 8.39. The van der Waals surface area contributed by atoms with Crippen molar-refractivity contribution in [2.45, 2.75) is 6.42 Å². The molecule has 0 fully saturated rings. The number of likely N-dealkylation sites (N-methyl/N-ethyl adjacent to an activating group) is 1. The largest absolute Gasteiger partial charge is 0.508 e. The third-order valence-corrected chi connectivity index (χ3v) is 3.86. The Morgan fingerprint density at radius 2 is 1.57 bits per heavy atom. The fraction of sp³-hybridized carbons (Fsp3) is 0.300. The van der Waals surface area contributed by atoms with E-state index in [-0.39, 0.29) is 0 Å². The number of benzene rings is 2. The minimum atomic E-state index is 0.324. The van der Waals surface area contributed by atoms with Gasteiger partial charge in [0.05, 0.1) is 0 Å². The molecule has 0 bridgehead atoms. The Morgan fingerprint density at radius 1 is 0.913 bits per heavy atom. The molecule has 0 aliphatic rings. The molecule has 0 aliphatic heterocycles. The molecule has 23 heavy (non-hydrogen) atoms. The third-order valence-electron chi connectivity index (χ3n) is 3.86. The molecule has 3 nitrogen and oxygen atoms in total. The molecular weight excluding hydrogens is 284 g/mol. The first-order chi connectivity index (χ1) is 11.0. The zero-order valence-electron chi connectivity index (χ0n) is 14.2. The van der Waals surface area contributed by atoms with Gasteiger partial charge in [0.1, 0.15) is 5.75 Å². The fourth-order valence-electron chi connectivity index (χ4n) is 2.33. The second-order valence-electron chi connectivity index (χ2n) is 6.07. The molecule has 2 rings (SSSR count). The van der Waals surface area contributed by atoms with Gasteiger partial charge in [0.25, 0.3) is 0 Å². The molecule has 0 unspecified atom stereocenters. The van der Waals surface area contributed by atoms with Crippen molar-refractivity contribution in [3.8, 4) is 5.75 Å². The van der Waals surface area contributed by atoms with Crippen LogP contribution >= 0.6 is 0 Å². The molecule has 0 radical (unpaired) electrons. The van der Waals surface area contributed by atoms with Gasteiger partial charge in [0.15, 0.2) is 0 Å². The topological polar surface area (TPSA) is 26.7 Å². The molecular formula is C20H26N2O. The highest BCUT2D eigenvalue weighted by Gasteiger charge is 1.98. The number of phenolic OH excluding ortho intramolecular Hbond substituents is 1. The summed E-state index contributed by atoms with van der Waals surface area (Å²) in [7, 11) is 6.22. The Labute approximate surface area is 139 Å². The Morgan fingerprint density at radius 3 is 2.17 bits per heavy atom. The third kappa shape index (κ3) is 5.80. The standard InChI is InChI=1S/C20H26N2O/c1-21(2)19-10-6-17(7-11-19)5-4-15-22(3)16-14-18-8-12-20(23)13-9-18/h4-13,23H,14-16H2,1-3H3. The first-order valence-corrected chi connectivity index (χ1v) is 7.95. The van der Waals surface area contributed by atoms with E-state index in [1.807, 2.05) is 26.2 Å². The van der Waals surface area contributed by atoms with E-state index in [0.717, 1.165) is 19.5 Å². The van der Waals surface area contributed by atoms with E-state index < -0.39 is 0 Å². The smallest absolute Gasteiger partial charge is 0.115 e. The number of hydrogen-bond donors (Lipinski definition) is 1. The summed E-state index contributed by atoms with van der Waals surface area (Å²) in [6.45, 7) is 1.92. The van der Waals surface area contributed by atoms with E-state index in [2.05, 4.69) is 53.3 Å². The van der Waals surface area contributed by atoms with Gasteiger partial charge in [0, 0.05) is 32.9 Å². The van der Waals surface area contributed by atoms with Crippen molar-refractivity contribution < 1.29 is 5.11 Å². The molecule has 2 aromatic rings. The molecule has 0 heterocycles. The Hall–Kier alpha value is -2.26. The molecule has 0 atom stereocenters. The number of hydrogen-bond acceptors (Lipinski definition) is 3. The van der Waals surface area contributed by atoms with Crippen LogP contribution in [0.25, 0.3) is 6.08 Å². The van der Waals surface area contributed by atoms with Crippen LogP contribution in [0, 0.1) is 0 Å². The van der Waals surface area contributed by atoms with E-state index >= 15 is 0 Å². The zero-order chi connectivity index (χ0) is 16.7. The number of phenols is 1. The van der Waals surface area contributed by atoms with Gasteiger partial charge in [-0.1, -0.05) is 36.4 Å². The predicted octanol–water partition coefficient (Wildman–Crippen LogP) is 3.65. The SMILES string of the molecule is CN(CC=Cc1ccc(N(C)C)cc1)CCc1ccc(O)cc1. The van der Waals surface area contributed by atoms with Crippen LogP contribution in [0.3, 0.4) is 0 Å². The van der Waals surface area contributed by atoms with Gasteiger partial charge in [-0.25, -0.2) is 0 Å². The van der Waals surface area contributed by atoms with Crippen molar-refractivity contribution in [2.75, 3.05) is 39.1 Å². The summed E-state index contributed by atoms with van der Waals surface area (Å²) in [6, 6.07) is 16.0. The van der Waals surface area contributed by atoms with E-state index in [9.17, 15) is 5.11 Å². The van der Waals surface area contributed by atoms with E-state index in [0.29, 0.717) is 5.75 Å². The number of aromatic hydroxyl groups is 1. The van der Waals surface area contributed by atoms with Crippen molar-refractivity contribution >= 4 is 11.8 Å². The average Bonchev–Trinajstić information content (AvgIpc) is 2.55. The molecule has 2 aromatic carbocycles. The Bertz CT molecular complexity index is 615. The summed E-state index contributed by atoms with van der Waals surface area (Å²) in [5, 5.41) is 9.28. The molecule has 0 spiro atoms. The molecule has 3 heteroatoms. The lowest BCUT2D eigenvalue weighted by atomic mass is 10.1. The highest BCUT2D eigenvalue weighted by Crippen LogP contribution is 2.13. The van der Waals surface area contributed by atoms with Crippen LogP contribution in [0.1, 0.15) is 11.1 Å². The van der Waals surface area contributed by atoms with Crippen molar-refractivity contribution in [3.05, 3.63) is 65.7 Å². The number of rotatable bonds is 7. The van der Waals surface area contributed by atoms with Crippen LogP contribution in [0.4, 0.5) is 5.69 Å². The average molecular weight is 310 g/mol. The lowest BCUT2D eigenvalue weighted by Gasteiger charge is -2.14. The minimum absolute atomic E-state index is 0.324. The molecule has 0 saturated carbocycles. The van der Waals surface area contributed by atoms with Crippen molar-refractivity contribution in [3.63, 3.8) is 0 Å². The number of anilines is 1. The summed E-state index contributed by atoms with van der Waals surface area (Å²) in [4.78, 5) is 4.39. The Balaban J connectivity index is 1.76. The van der Waals surface area contributed by atoms with E-state index in [4.69, 9.17) is 0 Å². The molecule has 0 aromatic heterocycles. The van der Waals surface area contributed by atoms with Gasteiger partial charge in [-0.2, -0.15) is 0 Å². The van der Waals surface area contributed by atoms with Crippen molar-refractivity contribution in [1.82, 2.24) is 4.90 Å². The molecule has 0 aliphatic carbocycles. The van der Waals surface area contributed by atoms with Crippen molar-refractivity contribution in [2.24, 2.45) is 0 Å². The summed E-state index contributed by atoms with van der Waals surface area (Å²) in [6.07, 6.45) is 5.35. The first kappa shape index (κ1) is 17.1. The van der Waals surface area contributed by atoms with Crippen LogP contribution in [0.2, 0.25) is 0 Å². The van der Waals surface area contributed by atoms with Gasteiger partial charge >= 0.3 is 0 Å². The van der Waals surface area contributed by atoms with Crippen molar-refractivity contribution in [1.29, 1.82) is 0 Å². The predicted molar refractivity (Wildman–Crippen MR) is 99.1 cm³/mol. The highest BCUT2D eigenvalue weighted by atomic mass is 16.3. The van der Waals surface area contributed by atoms with Gasteiger partial charge in [0.2, 0.25) is 0 Å².